The molecule has 0 heterocycles. The zero-order valence-corrected chi connectivity index (χ0v) is 14.1. The fraction of sp³-hybridized carbons (Fsp3) is 0.368. The lowest BCUT2D eigenvalue weighted by Crippen LogP contribution is -2.28. The van der Waals surface area contributed by atoms with Crippen LogP contribution in [0.4, 0.5) is 5.69 Å². The van der Waals surface area contributed by atoms with Gasteiger partial charge in [-0.15, -0.1) is 0 Å². The molecule has 2 aliphatic rings. The molecule has 0 radical (unpaired) electrons. The van der Waals surface area contributed by atoms with E-state index in [1.807, 2.05) is 0 Å². The van der Waals surface area contributed by atoms with Crippen LogP contribution in [-0.2, 0) is 0 Å². The number of nitro groups is 1. The summed E-state index contributed by atoms with van der Waals surface area (Å²) >= 11 is 0. The summed E-state index contributed by atoms with van der Waals surface area (Å²) < 4.78 is 6.16. The molecule has 0 aromatic heterocycles. The van der Waals surface area contributed by atoms with Crippen LogP contribution in [0.25, 0.3) is 0 Å². The summed E-state index contributed by atoms with van der Waals surface area (Å²) in [7, 11) is 4.19. The number of benzene rings is 1. The average Bonchev–Trinajstić information content (AvgIpc) is 2.76. The van der Waals surface area contributed by atoms with Crippen LogP contribution in [0.2, 0.25) is 0 Å². The van der Waals surface area contributed by atoms with Gasteiger partial charge in [0.25, 0.3) is 5.69 Å². The highest BCUT2D eigenvalue weighted by atomic mass is 16.6. The van der Waals surface area contributed by atoms with Crippen LogP contribution in [0, 0.1) is 10.1 Å². The van der Waals surface area contributed by atoms with Crippen LogP contribution < -0.4 is 4.74 Å². The summed E-state index contributed by atoms with van der Waals surface area (Å²) in [6, 6.07) is 6.71. The van der Waals surface area contributed by atoms with Crippen molar-refractivity contribution in [1.29, 1.82) is 0 Å². The van der Waals surface area contributed by atoms with E-state index in [1.54, 1.807) is 12.1 Å². The van der Waals surface area contributed by atoms with E-state index < -0.39 is 4.92 Å². The number of hydrogen-bond acceptors (Lipinski definition) is 4. The molecule has 2 aliphatic carbocycles. The van der Waals surface area contributed by atoms with Gasteiger partial charge in [0.1, 0.15) is 11.5 Å². The molecule has 0 saturated heterocycles. The van der Waals surface area contributed by atoms with Crippen LogP contribution >= 0.6 is 0 Å². The maximum Gasteiger partial charge on any atom is 0.269 e. The number of nitro benzene ring substituents is 1. The van der Waals surface area contributed by atoms with Crippen molar-refractivity contribution in [2.24, 2.45) is 0 Å². The zero-order valence-electron chi connectivity index (χ0n) is 14.1. The van der Waals surface area contributed by atoms with E-state index in [0.29, 0.717) is 11.8 Å². The summed E-state index contributed by atoms with van der Waals surface area (Å²) in [4.78, 5) is 12.6. The number of rotatable bonds is 4. The Morgan fingerprint density at radius 1 is 1.25 bits per heavy atom. The number of allylic oxidation sites excluding steroid dienone is 5. The number of nitrogens with zero attached hydrogens (tertiary/aromatic N) is 2. The van der Waals surface area contributed by atoms with Gasteiger partial charge in [-0.2, -0.15) is 0 Å². The van der Waals surface area contributed by atoms with E-state index in [-0.39, 0.29) is 5.69 Å². The molecule has 5 nitrogen and oxygen atoms in total. The Hall–Kier alpha value is -2.40. The highest BCUT2D eigenvalue weighted by Crippen LogP contribution is 2.34. The number of ether oxygens (including phenoxy) is 1. The summed E-state index contributed by atoms with van der Waals surface area (Å²) in [6.07, 6.45) is 10.5. The minimum atomic E-state index is -0.399. The van der Waals surface area contributed by atoms with E-state index in [1.165, 1.54) is 23.3 Å². The van der Waals surface area contributed by atoms with E-state index in [9.17, 15) is 10.1 Å². The maximum atomic E-state index is 10.8. The Kier molecular flexibility index (Phi) is 4.81. The minimum Gasteiger partial charge on any atom is -0.461 e. The molecule has 3 rings (SSSR count). The predicted molar refractivity (Wildman–Crippen MR) is 93.9 cm³/mol. The van der Waals surface area contributed by atoms with Crippen LogP contribution in [0.3, 0.4) is 0 Å². The van der Waals surface area contributed by atoms with Crippen LogP contribution in [0.15, 0.2) is 59.4 Å². The molecule has 1 aromatic rings. The molecule has 5 heteroatoms. The summed E-state index contributed by atoms with van der Waals surface area (Å²) in [5.74, 6) is 1.59. The summed E-state index contributed by atoms with van der Waals surface area (Å²) in [5, 5.41) is 10.8. The van der Waals surface area contributed by atoms with Crippen molar-refractivity contribution in [2.45, 2.75) is 31.7 Å². The fourth-order valence-corrected chi connectivity index (χ4v) is 3.19. The maximum absolute atomic E-state index is 10.8. The van der Waals surface area contributed by atoms with Gasteiger partial charge in [0.05, 0.1) is 4.92 Å². The highest BCUT2D eigenvalue weighted by Gasteiger charge is 2.24. The summed E-state index contributed by atoms with van der Waals surface area (Å²) in [6.45, 7) is 0. The minimum absolute atomic E-state index is 0.0742. The van der Waals surface area contributed by atoms with Crippen molar-refractivity contribution < 1.29 is 9.66 Å². The second kappa shape index (κ2) is 7.01. The van der Waals surface area contributed by atoms with Crippen molar-refractivity contribution in [3.63, 3.8) is 0 Å². The van der Waals surface area contributed by atoms with Crippen molar-refractivity contribution in [2.75, 3.05) is 14.1 Å². The molecule has 0 amide bonds. The molecular weight excluding hydrogens is 304 g/mol. The number of non-ortho nitro benzene ring substituents is 1. The van der Waals surface area contributed by atoms with Gasteiger partial charge in [0.2, 0.25) is 0 Å². The van der Waals surface area contributed by atoms with E-state index in [2.05, 4.69) is 37.2 Å². The molecule has 0 N–H and O–H groups in total. The number of fused-ring (bicyclic) bond motifs is 1. The molecule has 0 fully saturated rings. The molecular formula is C19H22N2O3. The topological polar surface area (TPSA) is 55.6 Å². The Morgan fingerprint density at radius 3 is 2.67 bits per heavy atom. The first kappa shape index (κ1) is 16.5. The Labute approximate surface area is 142 Å². The fourth-order valence-electron chi connectivity index (χ4n) is 3.19. The largest absolute Gasteiger partial charge is 0.461 e. The van der Waals surface area contributed by atoms with Crippen LogP contribution in [0.5, 0.6) is 5.75 Å². The molecule has 1 unspecified atom stereocenters. The lowest BCUT2D eigenvalue weighted by molar-refractivity contribution is -0.384. The molecule has 24 heavy (non-hydrogen) atoms. The summed E-state index contributed by atoms with van der Waals surface area (Å²) in [5.41, 5.74) is 2.59. The van der Waals surface area contributed by atoms with E-state index in [4.69, 9.17) is 4.74 Å². The molecule has 1 atom stereocenters. The molecule has 126 valence electrons. The first-order valence-electron chi connectivity index (χ1n) is 8.22. The van der Waals surface area contributed by atoms with Crippen molar-refractivity contribution >= 4 is 5.69 Å². The smallest absolute Gasteiger partial charge is 0.269 e. The van der Waals surface area contributed by atoms with Gasteiger partial charge in [0.15, 0.2) is 0 Å². The van der Waals surface area contributed by atoms with Crippen LogP contribution in [0.1, 0.15) is 25.7 Å². The van der Waals surface area contributed by atoms with Gasteiger partial charge in [-0.05, 0) is 51.1 Å². The average molecular weight is 326 g/mol. The zero-order chi connectivity index (χ0) is 17.1. The molecule has 0 spiro atoms. The van der Waals surface area contributed by atoms with Crippen LogP contribution in [-0.4, -0.2) is 30.0 Å². The van der Waals surface area contributed by atoms with Gasteiger partial charge in [-0.25, -0.2) is 0 Å². The van der Waals surface area contributed by atoms with E-state index >= 15 is 0 Å². The third kappa shape index (κ3) is 3.57. The monoisotopic (exact) mass is 326 g/mol. The number of hydrogen-bond donors (Lipinski definition) is 0. The lowest BCUT2D eigenvalue weighted by Gasteiger charge is -2.23. The second-order valence-electron chi connectivity index (χ2n) is 6.42. The van der Waals surface area contributed by atoms with Crippen molar-refractivity contribution in [3.05, 3.63) is 69.5 Å². The van der Waals surface area contributed by atoms with E-state index in [0.717, 1.165) is 31.4 Å². The lowest BCUT2D eigenvalue weighted by atomic mass is 9.96. The Morgan fingerprint density at radius 2 is 2.00 bits per heavy atom. The normalized spacial score (nSPS) is 20.5. The van der Waals surface area contributed by atoms with Gasteiger partial charge in [-0.3, -0.25) is 10.1 Å². The SMILES string of the molecule is CN(C)C1CCC2=CCC=CC2=C(Oc2ccc([N+](=O)[O-])cc2)C1. The van der Waals surface area contributed by atoms with Crippen molar-refractivity contribution in [1.82, 2.24) is 4.90 Å². The quantitative estimate of drug-likeness (QED) is 0.614. The Balaban J connectivity index is 1.90. The van der Waals surface area contributed by atoms with Gasteiger partial charge in [0, 0.05) is 30.2 Å². The first-order chi connectivity index (χ1) is 11.5. The van der Waals surface area contributed by atoms with Gasteiger partial charge < -0.3 is 9.64 Å². The van der Waals surface area contributed by atoms with Crippen molar-refractivity contribution in [3.8, 4) is 5.75 Å². The van der Waals surface area contributed by atoms with Gasteiger partial charge in [-0.1, -0.05) is 18.2 Å². The second-order valence-corrected chi connectivity index (χ2v) is 6.42. The standard InChI is InChI=1S/C19H22N2O3/c1-20(2)16-8-7-14-5-3-4-6-18(14)19(13-16)24-17-11-9-15(10-12-17)21(22)23/h4-6,9-12,16H,3,7-8,13H2,1-2H3. The predicted octanol–water partition coefficient (Wildman–Crippen LogP) is 4.23. The third-order valence-corrected chi connectivity index (χ3v) is 4.62. The van der Waals surface area contributed by atoms with Gasteiger partial charge >= 0.3 is 0 Å². The molecule has 0 saturated carbocycles. The highest BCUT2D eigenvalue weighted by molar-refractivity contribution is 5.47. The third-order valence-electron chi connectivity index (χ3n) is 4.62. The molecule has 1 aromatic carbocycles. The molecule has 0 bridgehead atoms. The first-order valence-corrected chi connectivity index (χ1v) is 8.22. The molecule has 0 aliphatic heterocycles. The Bertz CT molecular complexity index is 715.